The number of hydrogen-bond acceptors (Lipinski definition) is 4. The number of benzene rings is 2. The molecule has 4 nitrogen and oxygen atoms in total. The number of rotatable bonds is 3. The van der Waals surface area contributed by atoms with Crippen LogP contribution in [0.1, 0.15) is 0 Å². The molecule has 0 unspecified atom stereocenters. The van der Waals surface area contributed by atoms with E-state index in [2.05, 4.69) is 0 Å². The Hall–Kier alpha value is -2.27. The highest BCUT2D eigenvalue weighted by Crippen LogP contribution is 2.44. The van der Waals surface area contributed by atoms with Crippen LogP contribution in [-0.4, -0.2) is 26.4 Å². The fourth-order valence-corrected chi connectivity index (χ4v) is 2.36. The van der Waals surface area contributed by atoms with Crippen molar-refractivity contribution in [2.75, 3.05) is 20.3 Å². The van der Waals surface area contributed by atoms with Gasteiger partial charge in [0.25, 0.3) is 0 Å². The lowest BCUT2D eigenvalue weighted by Gasteiger charge is -2.27. The van der Waals surface area contributed by atoms with Gasteiger partial charge >= 0.3 is 0 Å². The lowest BCUT2D eigenvalue weighted by Crippen LogP contribution is -2.36. The molecule has 110 valence electrons. The molecule has 0 amide bonds. The number of nitrogens with two attached hydrogens (primary N) is 1. The third kappa shape index (κ3) is 2.52. The monoisotopic (exact) mass is 289 g/mol. The van der Waals surface area contributed by atoms with Crippen LogP contribution >= 0.6 is 0 Å². The van der Waals surface area contributed by atoms with Crippen molar-refractivity contribution in [1.82, 2.24) is 0 Å². The minimum atomic E-state index is -0.385. The fraction of sp³-hybridized carbons (Fsp3) is 0.250. The normalized spacial score (nSPS) is 16.6. The second-order valence-corrected chi connectivity index (χ2v) is 4.77. The first kappa shape index (κ1) is 13.7. The molecule has 0 aliphatic carbocycles. The molecule has 3 rings (SSSR count). The third-order valence-corrected chi connectivity index (χ3v) is 3.39. The molecule has 0 radical (unpaired) electrons. The maximum absolute atomic E-state index is 13.9. The number of para-hydroxylation sites is 1. The highest BCUT2D eigenvalue weighted by molar-refractivity contribution is 5.78. The minimum absolute atomic E-state index is 0.239. The molecule has 1 heterocycles. The van der Waals surface area contributed by atoms with Crippen LogP contribution < -0.4 is 19.9 Å². The third-order valence-electron chi connectivity index (χ3n) is 3.39. The number of halogens is 1. The fourth-order valence-electron chi connectivity index (χ4n) is 2.36. The van der Waals surface area contributed by atoms with E-state index in [1.54, 1.807) is 7.11 Å². The summed E-state index contributed by atoms with van der Waals surface area (Å²) in [4.78, 5) is 0. The van der Waals surface area contributed by atoms with Gasteiger partial charge in [0.1, 0.15) is 24.3 Å². The van der Waals surface area contributed by atoms with Crippen LogP contribution in [0.25, 0.3) is 11.1 Å². The molecule has 5 heteroatoms. The van der Waals surface area contributed by atoms with Crippen LogP contribution in [0.5, 0.6) is 17.2 Å². The van der Waals surface area contributed by atoms with E-state index in [-0.39, 0.29) is 11.9 Å². The summed E-state index contributed by atoms with van der Waals surface area (Å²) < 4.78 is 30.6. The molecule has 0 aromatic heterocycles. The van der Waals surface area contributed by atoms with Crippen molar-refractivity contribution < 1.29 is 18.6 Å². The zero-order valence-electron chi connectivity index (χ0n) is 11.6. The van der Waals surface area contributed by atoms with Gasteiger partial charge in [0, 0.05) is 23.7 Å². The van der Waals surface area contributed by atoms with Crippen molar-refractivity contribution in [1.29, 1.82) is 0 Å². The molecule has 1 aliphatic rings. The molecule has 21 heavy (non-hydrogen) atoms. The zero-order chi connectivity index (χ0) is 14.8. The predicted octanol–water partition coefficient (Wildman–Crippen LogP) is 2.60. The average Bonchev–Trinajstić information content (AvgIpc) is 2.53. The van der Waals surface area contributed by atoms with E-state index >= 15 is 0 Å². The van der Waals surface area contributed by atoms with Crippen LogP contribution in [0.3, 0.4) is 0 Å². The maximum Gasteiger partial charge on any atom is 0.170 e. The maximum atomic E-state index is 13.9. The van der Waals surface area contributed by atoms with E-state index in [1.807, 2.05) is 24.3 Å². The van der Waals surface area contributed by atoms with Gasteiger partial charge in [0.05, 0.1) is 7.11 Å². The number of methoxy groups -OCH3 is 1. The highest BCUT2D eigenvalue weighted by atomic mass is 19.1. The molecule has 0 saturated carbocycles. The molecule has 2 aromatic carbocycles. The molecule has 0 fully saturated rings. The molecular formula is C16H16FNO3. The number of hydrogen-bond donors (Lipinski definition) is 1. The van der Waals surface area contributed by atoms with Gasteiger partial charge in [-0.25, -0.2) is 4.39 Å². The quantitative estimate of drug-likeness (QED) is 0.943. The highest BCUT2D eigenvalue weighted by Gasteiger charge is 2.25. The van der Waals surface area contributed by atoms with Crippen molar-refractivity contribution in [3.63, 3.8) is 0 Å². The second-order valence-electron chi connectivity index (χ2n) is 4.77. The smallest absolute Gasteiger partial charge is 0.170 e. The summed E-state index contributed by atoms with van der Waals surface area (Å²) in [6.45, 7) is 0.653. The van der Waals surface area contributed by atoms with Gasteiger partial charge in [-0.15, -0.1) is 0 Å². The summed E-state index contributed by atoms with van der Waals surface area (Å²) in [5, 5.41) is 0. The summed E-state index contributed by atoms with van der Waals surface area (Å²) in [7, 11) is 1.57. The SMILES string of the molecule is COc1ccccc1-c1cc(F)cc2c1O[C@@H](CN)CO2. The standard InChI is InChI=1S/C16H16FNO3/c1-19-14-5-3-2-4-12(14)13-6-10(17)7-15-16(13)21-11(8-18)9-20-15/h2-7,11H,8-9,18H2,1H3/t11-/m0/s1. The summed E-state index contributed by atoms with van der Waals surface area (Å²) in [6.07, 6.45) is -0.239. The predicted molar refractivity (Wildman–Crippen MR) is 77.4 cm³/mol. The van der Waals surface area contributed by atoms with E-state index < -0.39 is 0 Å². The van der Waals surface area contributed by atoms with Crippen LogP contribution in [-0.2, 0) is 0 Å². The first-order valence-electron chi connectivity index (χ1n) is 6.69. The van der Waals surface area contributed by atoms with Crippen LogP contribution in [0.2, 0.25) is 0 Å². The Balaban J connectivity index is 2.16. The van der Waals surface area contributed by atoms with Crippen molar-refractivity contribution in [3.8, 4) is 28.4 Å². The van der Waals surface area contributed by atoms with Gasteiger partial charge in [-0.2, -0.15) is 0 Å². The molecule has 1 atom stereocenters. The Morgan fingerprint density at radius 3 is 2.86 bits per heavy atom. The Morgan fingerprint density at radius 2 is 2.10 bits per heavy atom. The molecule has 0 bridgehead atoms. The summed E-state index contributed by atoms with van der Waals surface area (Å²) in [5.41, 5.74) is 6.98. The zero-order valence-corrected chi connectivity index (χ0v) is 11.6. The lowest BCUT2D eigenvalue weighted by molar-refractivity contribution is 0.0971. The van der Waals surface area contributed by atoms with Crippen molar-refractivity contribution in [2.45, 2.75) is 6.10 Å². The number of fused-ring (bicyclic) bond motifs is 1. The molecule has 0 spiro atoms. The molecular weight excluding hydrogens is 273 g/mol. The van der Waals surface area contributed by atoms with E-state index in [1.165, 1.54) is 12.1 Å². The summed E-state index contributed by atoms with van der Waals surface area (Å²) in [6, 6.07) is 10.1. The first-order chi connectivity index (χ1) is 10.2. The Labute approximate surface area is 122 Å². The molecule has 1 aliphatic heterocycles. The largest absolute Gasteiger partial charge is 0.496 e. The summed E-state index contributed by atoms with van der Waals surface area (Å²) >= 11 is 0. The van der Waals surface area contributed by atoms with Crippen molar-refractivity contribution >= 4 is 0 Å². The Kier molecular flexibility index (Phi) is 3.66. The van der Waals surface area contributed by atoms with Crippen LogP contribution in [0, 0.1) is 5.82 Å². The molecule has 2 N–H and O–H groups in total. The van der Waals surface area contributed by atoms with E-state index in [9.17, 15) is 4.39 Å². The first-order valence-corrected chi connectivity index (χ1v) is 6.69. The average molecular weight is 289 g/mol. The van der Waals surface area contributed by atoms with Crippen LogP contribution in [0.15, 0.2) is 36.4 Å². The van der Waals surface area contributed by atoms with E-state index in [0.717, 1.165) is 5.56 Å². The Bertz CT molecular complexity index is 660. The minimum Gasteiger partial charge on any atom is -0.496 e. The Morgan fingerprint density at radius 1 is 1.29 bits per heavy atom. The van der Waals surface area contributed by atoms with Gasteiger partial charge in [0.2, 0.25) is 0 Å². The van der Waals surface area contributed by atoms with Gasteiger partial charge < -0.3 is 19.9 Å². The van der Waals surface area contributed by atoms with Gasteiger partial charge in [0.15, 0.2) is 11.5 Å². The van der Waals surface area contributed by atoms with Gasteiger partial charge in [-0.3, -0.25) is 0 Å². The summed E-state index contributed by atoms with van der Waals surface area (Å²) in [5.74, 6) is 1.15. The lowest BCUT2D eigenvalue weighted by atomic mass is 10.0. The molecule has 2 aromatic rings. The van der Waals surface area contributed by atoms with Crippen molar-refractivity contribution in [3.05, 3.63) is 42.2 Å². The van der Waals surface area contributed by atoms with E-state index in [4.69, 9.17) is 19.9 Å². The van der Waals surface area contributed by atoms with Crippen LogP contribution in [0.4, 0.5) is 4.39 Å². The van der Waals surface area contributed by atoms with Crippen molar-refractivity contribution in [2.24, 2.45) is 5.73 Å². The second kappa shape index (κ2) is 5.61. The number of ether oxygens (including phenoxy) is 3. The van der Waals surface area contributed by atoms with E-state index in [0.29, 0.717) is 36.0 Å². The van der Waals surface area contributed by atoms with Gasteiger partial charge in [-0.05, 0) is 12.1 Å². The topological polar surface area (TPSA) is 53.7 Å². The van der Waals surface area contributed by atoms with Gasteiger partial charge in [-0.1, -0.05) is 18.2 Å². The molecule has 0 saturated heterocycles.